The minimum absolute atomic E-state index is 0.00218. The van der Waals surface area contributed by atoms with E-state index in [9.17, 15) is 4.79 Å². The molecule has 0 saturated carbocycles. The third kappa shape index (κ3) is 6.50. The summed E-state index contributed by atoms with van der Waals surface area (Å²) >= 11 is 0. The molecule has 8 nitrogen and oxygen atoms in total. The summed E-state index contributed by atoms with van der Waals surface area (Å²) in [6.45, 7) is 2.47. The first-order valence-electron chi connectivity index (χ1n) is 10.5. The number of aliphatic imine (C=N–C) groups is 1. The number of hydrogen-bond donors (Lipinski definition) is 4. The molecule has 0 aliphatic carbocycles. The van der Waals surface area contributed by atoms with Crippen LogP contribution >= 0.6 is 0 Å². The van der Waals surface area contributed by atoms with Gasteiger partial charge < -0.3 is 20.1 Å². The Hall–Kier alpha value is -3.49. The molecule has 1 heterocycles. The Morgan fingerprint density at radius 1 is 1.06 bits per heavy atom. The fraction of sp³-hybridized carbons (Fsp3) is 0.292. The van der Waals surface area contributed by atoms with Gasteiger partial charge in [-0.1, -0.05) is 60.6 Å². The average Bonchev–Trinajstić information content (AvgIpc) is 3.27. The minimum Gasteiger partial charge on any atom is -0.395 e. The van der Waals surface area contributed by atoms with Crippen molar-refractivity contribution in [1.29, 1.82) is 0 Å². The largest absolute Gasteiger partial charge is 0.395 e. The molecule has 168 valence electrons. The van der Waals surface area contributed by atoms with Crippen molar-refractivity contribution in [2.45, 2.75) is 19.3 Å². The number of guanidine groups is 1. The van der Waals surface area contributed by atoms with Crippen molar-refractivity contribution in [1.82, 2.24) is 10.5 Å². The molecule has 0 saturated heterocycles. The van der Waals surface area contributed by atoms with E-state index < -0.39 is 0 Å². The van der Waals surface area contributed by atoms with Gasteiger partial charge in [-0.2, -0.15) is 0 Å². The quantitative estimate of drug-likeness (QED) is 0.219. The number of aliphatic hydroxyl groups excluding tert-OH is 2. The molecule has 1 aromatic heterocycles. The number of nitrogens with zero attached hydrogens (tertiary/aromatic N) is 2. The number of hydrogen-bond acceptors (Lipinski definition) is 6. The molecular formula is C24H28N4O4. The highest BCUT2D eigenvalue weighted by Gasteiger charge is 2.15. The standard InChI is InChI=1S/C24H28N4O4/c1-17(19-8-5-9-20(15-19)23(31)18-6-3-2-4-7-18)14-21-16-22(32-28-21)27-24(25-10-12-29)26-11-13-30/h2-9,15-17,29-30H,10-14H2,1H3,(H2,25,26,27). The smallest absolute Gasteiger partial charge is 0.231 e. The van der Waals surface area contributed by atoms with E-state index in [0.29, 0.717) is 35.9 Å². The summed E-state index contributed by atoms with van der Waals surface area (Å²) in [5, 5.41) is 28.0. The maximum atomic E-state index is 12.8. The van der Waals surface area contributed by atoms with E-state index in [4.69, 9.17) is 14.7 Å². The van der Waals surface area contributed by atoms with Crippen LogP contribution in [0.2, 0.25) is 0 Å². The van der Waals surface area contributed by atoms with Gasteiger partial charge in [0.15, 0.2) is 11.7 Å². The van der Waals surface area contributed by atoms with Crippen molar-refractivity contribution < 1.29 is 19.5 Å². The normalized spacial score (nSPS) is 12.4. The van der Waals surface area contributed by atoms with E-state index in [1.165, 1.54) is 0 Å². The van der Waals surface area contributed by atoms with Gasteiger partial charge in [-0.3, -0.25) is 15.1 Å². The van der Waals surface area contributed by atoms with E-state index in [0.717, 1.165) is 11.3 Å². The number of rotatable bonds is 10. The van der Waals surface area contributed by atoms with Gasteiger partial charge in [-0.25, -0.2) is 0 Å². The molecule has 32 heavy (non-hydrogen) atoms. The molecule has 0 bridgehead atoms. The van der Waals surface area contributed by atoms with Crippen LogP contribution in [0.25, 0.3) is 0 Å². The lowest BCUT2D eigenvalue weighted by molar-refractivity contribution is 0.103. The molecule has 3 rings (SSSR count). The summed E-state index contributed by atoms with van der Waals surface area (Å²) < 4.78 is 5.35. The molecule has 4 N–H and O–H groups in total. The molecule has 0 spiro atoms. The van der Waals surface area contributed by atoms with Gasteiger partial charge in [0.1, 0.15) is 0 Å². The van der Waals surface area contributed by atoms with Crippen LogP contribution in [0.4, 0.5) is 5.88 Å². The Morgan fingerprint density at radius 2 is 1.84 bits per heavy atom. The predicted octanol–water partition coefficient (Wildman–Crippen LogP) is 2.59. The number of nitrogens with one attached hydrogen (secondary N) is 2. The van der Waals surface area contributed by atoms with Crippen LogP contribution in [-0.2, 0) is 6.42 Å². The zero-order valence-corrected chi connectivity index (χ0v) is 18.0. The fourth-order valence-electron chi connectivity index (χ4n) is 3.23. The van der Waals surface area contributed by atoms with E-state index in [-0.39, 0.29) is 31.5 Å². The summed E-state index contributed by atoms with van der Waals surface area (Å²) in [5.74, 6) is 0.905. The molecule has 0 amide bonds. The van der Waals surface area contributed by atoms with Crippen LogP contribution in [0.5, 0.6) is 0 Å². The van der Waals surface area contributed by atoms with Crippen LogP contribution in [-0.4, -0.2) is 53.4 Å². The summed E-state index contributed by atoms with van der Waals surface area (Å²) in [6.07, 6.45) is 0.626. The van der Waals surface area contributed by atoms with Crippen LogP contribution in [0.3, 0.4) is 0 Å². The Kier molecular flexibility index (Phi) is 8.53. The van der Waals surface area contributed by atoms with E-state index in [1.807, 2.05) is 54.6 Å². The molecular weight excluding hydrogens is 408 g/mol. The Morgan fingerprint density at radius 3 is 2.59 bits per heavy atom. The first-order valence-corrected chi connectivity index (χ1v) is 10.5. The third-order valence-electron chi connectivity index (χ3n) is 4.84. The lowest BCUT2D eigenvalue weighted by Crippen LogP contribution is -2.33. The summed E-state index contributed by atoms with van der Waals surface area (Å²) in [7, 11) is 0. The second-order valence-electron chi connectivity index (χ2n) is 7.34. The number of aromatic nitrogens is 1. The van der Waals surface area contributed by atoms with Gasteiger partial charge in [-0.15, -0.1) is 0 Å². The molecule has 0 aliphatic rings. The summed E-state index contributed by atoms with van der Waals surface area (Å²) in [4.78, 5) is 16.9. The third-order valence-corrected chi connectivity index (χ3v) is 4.84. The highest BCUT2D eigenvalue weighted by atomic mass is 16.5. The van der Waals surface area contributed by atoms with Crippen molar-refractivity contribution >= 4 is 17.6 Å². The highest BCUT2D eigenvalue weighted by molar-refractivity contribution is 6.09. The number of ketones is 1. The maximum absolute atomic E-state index is 12.8. The molecule has 0 radical (unpaired) electrons. The fourth-order valence-corrected chi connectivity index (χ4v) is 3.23. The lowest BCUT2D eigenvalue weighted by atomic mass is 9.93. The Bertz CT molecular complexity index is 1030. The predicted molar refractivity (Wildman–Crippen MR) is 123 cm³/mol. The van der Waals surface area contributed by atoms with E-state index >= 15 is 0 Å². The monoisotopic (exact) mass is 436 g/mol. The second kappa shape index (κ2) is 11.8. The van der Waals surface area contributed by atoms with Crippen molar-refractivity contribution in [2.24, 2.45) is 4.99 Å². The van der Waals surface area contributed by atoms with Crippen LogP contribution < -0.4 is 10.6 Å². The summed E-state index contributed by atoms with van der Waals surface area (Å²) in [5.41, 5.74) is 3.11. The lowest BCUT2D eigenvalue weighted by Gasteiger charge is -2.11. The van der Waals surface area contributed by atoms with Crippen molar-refractivity contribution in [2.75, 3.05) is 31.6 Å². The minimum atomic E-state index is -0.0863. The van der Waals surface area contributed by atoms with E-state index in [1.54, 1.807) is 6.07 Å². The van der Waals surface area contributed by atoms with Gasteiger partial charge in [0.05, 0.1) is 25.5 Å². The number of carbonyl (C=O) groups is 1. The highest BCUT2D eigenvalue weighted by Crippen LogP contribution is 2.23. The molecule has 1 atom stereocenters. The average molecular weight is 437 g/mol. The molecule has 0 aliphatic heterocycles. The van der Waals surface area contributed by atoms with Crippen molar-refractivity contribution in [3.63, 3.8) is 0 Å². The number of benzene rings is 2. The first kappa shape index (κ1) is 23.2. The summed E-state index contributed by atoms with van der Waals surface area (Å²) in [6, 6.07) is 18.7. The molecule has 3 aromatic rings. The molecule has 2 aromatic carbocycles. The Balaban J connectivity index is 1.66. The van der Waals surface area contributed by atoms with Gasteiger partial charge in [0.25, 0.3) is 0 Å². The van der Waals surface area contributed by atoms with Crippen molar-refractivity contribution in [3.05, 3.63) is 83.0 Å². The van der Waals surface area contributed by atoms with Gasteiger partial charge in [-0.05, 0) is 24.0 Å². The second-order valence-corrected chi connectivity index (χ2v) is 7.34. The molecule has 8 heteroatoms. The first-order chi connectivity index (χ1) is 15.6. The topological polar surface area (TPSA) is 120 Å². The maximum Gasteiger partial charge on any atom is 0.231 e. The van der Waals surface area contributed by atoms with Gasteiger partial charge in [0.2, 0.25) is 5.88 Å². The SMILES string of the molecule is CC(Cc1cc(NC(=NCCO)NCCO)on1)c1cccc(C(=O)c2ccccc2)c1. The Labute approximate surface area is 187 Å². The number of carbonyl (C=O) groups excluding carboxylic acids is 1. The van der Waals surface area contributed by atoms with Crippen LogP contribution in [0.1, 0.15) is 40.0 Å². The van der Waals surface area contributed by atoms with Gasteiger partial charge >= 0.3 is 0 Å². The number of anilines is 1. The zero-order valence-electron chi connectivity index (χ0n) is 18.0. The number of aliphatic hydroxyl groups is 2. The van der Waals surface area contributed by atoms with Crippen LogP contribution in [0, 0.1) is 0 Å². The van der Waals surface area contributed by atoms with Gasteiger partial charge in [0, 0.05) is 23.7 Å². The van der Waals surface area contributed by atoms with Crippen molar-refractivity contribution in [3.8, 4) is 0 Å². The molecule has 0 fully saturated rings. The van der Waals surface area contributed by atoms with Crippen LogP contribution in [0.15, 0.2) is 70.2 Å². The van der Waals surface area contributed by atoms with E-state index in [2.05, 4.69) is 27.7 Å². The molecule has 1 unspecified atom stereocenters. The zero-order chi connectivity index (χ0) is 22.8.